The second-order valence-electron chi connectivity index (χ2n) is 6.98. The molecule has 0 saturated carbocycles. The SMILES string of the molecule is COCCC(NC(=O)CC1CCCN(C(=O)NCC(C)C)C1)C(=O)O. The van der Waals surface area contributed by atoms with Crippen molar-refractivity contribution in [1.82, 2.24) is 15.5 Å². The number of likely N-dealkylation sites (tertiary alicyclic amines) is 1. The number of carbonyl (C=O) groups is 3. The molecule has 0 aromatic rings. The molecular weight excluding hydrogens is 326 g/mol. The quantitative estimate of drug-likeness (QED) is 0.572. The number of nitrogens with one attached hydrogen (secondary N) is 2. The van der Waals surface area contributed by atoms with Crippen molar-refractivity contribution in [3.05, 3.63) is 0 Å². The number of urea groups is 1. The Balaban J connectivity index is 2.45. The normalized spacial score (nSPS) is 18.7. The third kappa shape index (κ3) is 8.20. The van der Waals surface area contributed by atoms with Crippen molar-refractivity contribution < 1.29 is 24.2 Å². The average Bonchev–Trinajstić information content (AvgIpc) is 2.56. The first kappa shape index (κ1) is 21.2. The topological polar surface area (TPSA) is 108 Å². The number of hydrogen-bond donors (Lipinski definition) is 3. The lowest BCUT2D eigenvalue weighted by Gasteiger charge is -2.33. The van der Waals surface area contributed by atoms with Crippen LogP contribution in [0.15, 0.2) is 0 Å². The third-order valence-corrected chi connectivity index (χ3v) is 4.19. The first-order valence-corrected chi connectivity index (χ1v) is 8.87. The standard InChI is InChI=1S/C17H31N3O5/c1-12(2)10-18-17(24)20-7-4-5-13(11-20)9-15(21)19-14(16(22)23)6-8-25-3/h12-14H,4-11H2,1-3H3,(H,18,24)(H,19,21)(H,22,23). The summed E-state index contributed by atoms with van der Waals surface area (Å²) in [5, 5.41) is 14.6. The van der Waals surface area contributed by atoms with Gasteiger partial charge in [-0.05, 0) is 24.7 Å². The van der Waals surface area contributed by atoms with E-state index >= 15 is 0 Å². The van der Waals surface area contributed by atoms with Gasteiger partial charge in [-0.3, -0.25) is 4.79 Å². The van der Waals surface area contributed by atoms with Crippen LogP contribution in [0.2, 0.25) is 0 Å². The molecule has 8 heteroatoms. The van der Waals surface area contributed by atoms with Crippen LogP contribution in [0.1, 0.15) is 39.5 Å². The minimum atomic E-state index is -1.07. The predicted octanol–water partition coefficient (Wildman–Crippen LogP) is 1.06. The zero-order valence-corrected chi connectivity index (χ0v) is 15.4. The zero-order valence-electron chi connectivity index (χ0n) is 15.4. The van der Waals surface area contributed by atoms with Crippen molar-refractivity contribution in [3.63, 3.8) is 0 Å². The molecule has 1 aliphatic heterocycles. The molecule has 2 unspecified atom stereocenters. The number of carbonyl (C=O) groups excluding carboxylic acids is 2. The summed E-state index contributed by atoms with van der Waals surface area (Å²) in [5.41, 5.74) is 0. The summed E-state index contributed by atoms with van der Waals surface area (Å²) in [7, 11) is 1.49. The van der Waals surface area contributed by atoms with Gasteiger partial charge in [0.05, 0.1) is 0 Å². The monoisotopic (exact) mass is 357 g/mol. The van der Waals surface area contributed by atoms with Crippen LogP contribution < -0.4 is 10.6 Å². The molecule has 0 aromatic heterocycles. The molecule has 144 valence electrons. The van der Waals surface area contributed by atoms with Crippen molar-refractivity contribution in [2.75, 3.05) is 33.4 Å². The highest BCUT2D eigenvalue weighted by molar-refractivity contribution is 5.83. The number of amides is 3. The van der Waals surface area contributed by atoms with Crippen molar-refractivity contribution in [3.8, 4) is 0 Å². The van der Waals surface area contributed by atoms with Gasteiger partial charge in [-0.25, -0.2) is 9.59 Å². The van der Waals surface area contributed by atoms with Gasteiger partial charge in [0.15, 0.2) is 0 Å². The summed E-state index contributed by atoms with van der Waals surface area (Å²) in [5.74, 6) is -0.924. The van der Waals surface area contributed by atoms with E-state index in [0.717, 1.165) is 12.8 Å². The lowest BCUT2D eigenvalue weighted by atomic mass is 9.94. The molecule has 3 amide bonds. The summed E-state index contributed by atoms with van der Waals surface area (Å²) < 4.78 is 4.87. The maximum Gasteiger partial charge on any atom is 0.326 e. The Morgan fingerprint density at radius 3 is 2.64 bits per heavy atom. The molecule has 1 fully saturated rings. The van der Waals surface area contributed by atoms with E-state index in [4.69, 9.17) is 9.84 Å². The van der Waals surface area contributed by atoms with Crippen molar-refractivity contribution in [2.24, 2.45) is 11.8 Å². The van der Waals surface area contributed by atoms with Gasteiger partial charge < -0.3 is 25.4 Å². The van der Waals surface area contributed by atoms with Gasteiger partial charge in [-0.2, -0.15) is 0 Å². The van der Waals surface area contributed by atoms with Gasteiger partial charge in [-0.15, -0.1) is 0 Å². The van der Waals surface area contributed by atoms with Crippen LogP contribution in [0.4, 0.5) is 4.79 Å². The van der Waals surface area contributed by atoms with E-state index in [0.29, 0.717) is 25.6 Å². The fourth-order valence-corrected chi connectivity index (χ4v) is 2.83. The summed E-state index contributed by atoms with van der Waals surface area (Å²) in [6, 6.07) is -1.04. The third-order valence-electron chi connectivity index (χ3n) is 4.19. The molecule has 0 bridgehead atoms. The van der Waals surface area contributed by atoms with Crippen LogP contribution >= 0.6 is 0 Å². The van der Waals surface area contributed by atoms with Gasteiger partial charge in [0.25, 0.3) is 0 Å². The van der Waals surface area contributed by atoms with E-state index < -0.39 is 12.0 Å². The molecule has 0 aliphatic carbocycles. The number of carboxylic acid groups (broad SMARTS) is 1. The molecule has 25 heavy (non-hydrogen) atoms. The number of nitrogens with zero attached hydrogens (tertiary/aromatic N) is 1. The molecule has 1 aliphatic rings. The van der Waals surface area contributed by atoms with E-state index in [9.17, 15) is 14.4 Å². The molecule has 1 heterocycles. The first-order chi connectivity index (χ1) is 11.8. The van der Waals surface area contributed by atoms with Crippen molar-refractivity contribution >= 4 is 17.9 Å². The number of ether oxygens (including phenoxy) is 1. The second-order valence-corrected chi connectivity index (χ2v) is 6.98. The van der Waals surface area contributed by atoms with Crippen LogP contribution in [0.25, 0.3) is 0 Å². The van der Waals surface area contributed by atoms with Gasteiger partial charge >= 0.3 is 12.0 Å². The minimum Gasteiger partial charge on any atom is -0.480 e. The number of carboxylic acids is 1. The van der Waals surface area contributed by atoms with E-state index in [1.54, 1.807) is 4.90 Å². The van der Waals surface area contributed by atoms with Gasteiger partial charge in [0.2, 0.25) is 5.91 Å². The van der Waals surface area contributed by atoms with E-state index in [1.165, 1.54) is 7.11 Å². The van der Waals surface area contributed by atoms with Gasteiger partial charge in [0, 0.05) is 46.2 Å². The maximum atomic E-state index is 12.1. The number of methoxy groups -OCH3 is 1. The average molecular weight is 357 g/mol. The molecule has 1 rings (SSSR count). The lowest BCUT2D eigenvalue weighted by Crippen LogP contribution is -2.48. The summed E-state index contributed by atoms with van der Waals surface area (Å²) in [6.45, 7) is 6.17. The van der Waals surface area contributed by atoms with E-state index in [1.807, 2.05) is 13.8 Å². The summed E-state index contributed by atoms with van der Waals surface area (Å²) in [4.78, 5) is 37.2. The summed E-state index contributed by atoms with van der Waals surface area (Å²) in [6.07, 6.45) is 2.16. The smallest absolute Gasteiger partial charge is 0.326 e. The van der Waals surface area contributed by atoms with Crippen LogP contribution in [-0.2, 0) is 14.3 Å². The molecule has 3 N–H and O–H groups in total. The zero-order chi connectivity index (χ0) is 18.8. The molecule has 0 aromatic carbocycles. The van der Waals surface area contributed by atoms with E-state index in [2.05, 4.69) is 10.6 Å². The largest absolute Gasteiger partial charge is 0.480 e. The molecule has 2 atom stereocenters. The molecule has 8 nitrogen and oxygen atoms in total. The number of hydrogen-bond acceptors (Lipinski definition) is 4. The highest BCUT2D eigenvalue weighted by Gasteiger charge is 2.27. The van der Waals surface area contributed by atoms with Crippen molar-refractivity contribution in [2.45, 2.75) is 45.6 Å². The maximum absolute atomic E-state index is 12.1. The Labute approximate surface area is 149 Å². The van der Waals surface area contributed by atoms with Crippen LogP contribution in [-0.4, -0.2) is 67.3 Å². The molecule has 1 saturated heterocycles. The second kappa shape index (κ2) is 10.9. The summed E-state index contributed by atoms with van der Waals surface area (Å²) >= 11 is 0. The predicted molar refractivity (Wildman–Crippen MR) is 93.2 cm³/mol. The van der Waals surface area contributed by atoms with Gasteiger partial charge in [0.1, 0.15) is 6.04 Å². The van der Waals surface area contributed by atoms with E-state index in [-0.39, 0.29) is 37.3 Å². The molecular formula is C17H31N3O5. The van der Waals surface area contributed by atoms with Gasteiger partial charge in [-0.1, -0.05) is 13.8 Å². The van der Waals surface area contributed by atoms with Crippen LogP contribution in [0.3, 0.4) is 0 Å². The minimum absolute atomic E-state index is 0.0513. The first-order valence-electron chi connectivity index (χ1n) is 8.87. The Morgan fingerprint density at radius 1 is 1.32 bits per heavy atom. The fraction of sp³-hybridized carbons (Fsp3) is 0.824. The Bertz CT molecular complexity index is 456. The molecule has 0 spiro atoms. The van der Waals surface area contributed by atoms with Crippen LogP contribution in [0, 0.1) is 11.8 Å². The highest BCUT2D eigenvalue weighted by atomic mass is 16.5. The highest BCUT2D eigenvalue weighted by Crippen LogP contribution is 2.19. The lowest BCUT2D eigenvalue weighted by molar-refractivity contribution is -0.142. The Kier molecular flexibility index (Phi) is 9.26. The number of piperidine rings is 1. The fourth-order valence-electron chi connectivity index (χ4n) is 2.83. The Morgan fingerprint density at radius 2 is 2.04 bits per heavy atom. The number of aliphatic carboxylic acids is 1. The Hall–Kier alpha value is -1.83. The van der Waals surface area contributed by atoms with Crippen molar-refractivity contribution in [1.29, 1.82) is 0 Å². The molecule has 0 radical (unpaired) electrons. The van der Waals surface area contributed by atoms with Crippen LogP contribution in [0.5, 0.6) is 0 Å². The number of rotatable bonds is 9.